The molecule has 0 aromatic heterocycles. The lowest BCUT2D eigenvalue weighted by atomic mass is 9.86. The van der Waals surface area contributed by atoms with Gasteiger partial charge in [0.25, 0.3) is 0 Å². The number of benzene rings is 1. The van der Waals surface area contributed by atoms with E-state index in [2.05, 4.69) is 16.8 Å². The van der Waals surface area contributed by atoms with E-state index < -0.39 is 0 Å². The number of fused-ring (bicyclic) bond motifs is 1. The molecule has 1 fully saturated rings. The summed E-state index contributed by atoms with van der Waals surface area (Å²) in [4.78, 5) is 5.02. The molecule has 0 amide bonds. The normalized spacial score (nSPS) is 25.9. The highest BCUT2D eigenvalue weighted by atomic mass is 19.1. The van der Waals surface area contributed by atoms with Crippen molar-refractivity contribution in [2.45, 2.75) is 31.7 Å². The second-order valence-electron chi connectivity index (χ2n) is 5.94. The Labute approximate surface area is 115 Å². The van der Waals surface area contributed by atoms with E-state index in [1.54, 1.807) is 12.1 Å². The number of aryl methyl sites for hydroxylation is 1. The van der Waals surface area contributed by atoms with E-state index in [4.69, 9.17) is 0 Å². The van der Waals surface area contributed by atoms with Crippen LogP contribution in [0.25, 0.3) is 0 Å². The molecular formula is C16H23FN2. The van der Waals surface area contributed by atoms with Crippen LogP contribution in [0.4, 0.5) is 4.39 Å². The van der Waals surface area contributed by atoms with Gasteiger partial charge >= 0.3 is 0 Å². The molecule has 19 heavy (non-hydrogen) atoms. The fourth-order valence-corrected chi connectivity index (χ4v) is 3.51. The third-order valence-corrected chi connectivity index (χ3v) is 4.58. The molecule has 0 spiro atoms. The first-order chi connectivity index (χ1) is 9.24. The summed E-state index contributed by atoms with van der Waals surface area (Å²) in [5, 5.41) is 0. The minimum Gasteiger partial charge on any atom is -0.305 e. The van der Waals surface area contributed by atoms with E-state index in [0.717, 1.165) is 19.5 Å². The van der Waals surface area contributed by atoms with Crippen molar-refractivity contribution in [3.8, 4) is 0 Å². The SMILES string of the molecule is CN1CCCN([C@H]2CCCc3cc(F)ccc32)CC1. The van der Waals surface area contributed by atoms with Gasteiger partial charge in [-0.05, 0) is 62.5 Å². The highest BCUT2D eigenvalue weighted by Crippen LogP contribution is 2.35. The topological polar surface area (TPSA) is 6.48 Å². The predicted octanol–water partition coefficient (Wildman–Crippen LogP) is 2.84. The minimum absolute atomic E-state index is 0.0880. The fraction of sp³-hybridized carbons (Fsp3) is 0.625. The molecule has 0 saturated carbocycles. The molecule has 1 aliphatic carbocycles. The molecule has 0 radical (unpaired) electrons. The van der Waals surface area contributed by atoms with Gasteiger partial charge in [-0.2, -0.15) is 0 Å². The maximum Gasteiger partial charge on any atom is 0.123 e. The van der Waals surface area contributed by atoms with Crippen LogP contribution in [0.15, 0.2) is 18.2 Å². The Morgan fingerprint density at radius 2 is 2.00 bits per heavy atom. The number of rotatable bonds is 1. The quantitative estimate of drug-likeness (QED) is 0.768. The largest absolute Gasteiger partial charge is 0.305 e. The molecule has 1 atom stereocenters. The van der Waals surface area contributed by atoms with Gasteiger partial charge in [-0.25, -0.2) is 4.39 Å². The summed E-state index contributed by atoms with van der Waals surface area (Å²) >= 11 is 0. The van der Waals surface area contributed by atoms with E-state index in [9.17, 15) is 4.39 Å². The second-order valence-corrected chi connectivity index (χ2v) is 5.94. The zero-order valence-electron chi connectivity index (χ0n) is 11.7. The molecule has 104 valence electrons. The molecule has 1 aromatic rings. The van der Waals surface area contributed by atoms with Crippen molar-refractivity contribution >= 4 is 0 Å². The third-order valence-electron chi connectivity index (χ3n) is 4.58. The van der Waals surface area contributed by atoms with Crippen molar-refractivity contribution in [1.82, 2.24) is 9.80 Å². The molecule has 1 saturated heterocycles. The number of likely N-dealkylation sites (N-methyl/N-ethyl adjacent to an activating group) is 1. The Morgan fingerprint density at radius 3 is 2.89 bits per heavy atom. The summed E-state index contributed by atoms with van der Waals surface area (Å²) in [5.74, 6) is -0.0880. The van der Waals surface area contributed by atoms with Gasteiger partial charge in [0.1, 0.15) is 5.82 Å². The summed E-state index contributed by atoms with van der Waals surface area (Å²) in [5.41, 5.74) is 2.60. The number of hydrogen-bond acceptors (Lipinski definition) is 2. The summed E-state index contributed by atoms with van der Waals surface area (Å²) < 4.78 is 13.4. The van der Waals surface area contributed by atoms with Crippen molar-refractivity contribution in [2.75, 3.05) is 33.2 Å². The maximum absolute atomic E-state index is 13.4. The van der Waals surface area contributed by atoms with Crippen LogP contribution in [0.2, 0.25) is 0 Å². The van der Waals surface area contributed by atoms with Crippen LogP contribution in [0, 0.1) is 5.82 Å². The van der Waals surface area contributed by atoms with Gasteiger partial charge in [-0.1, -0.05) is 6.07 Å². The fourth-order valence-electron chi connectivity index (χ4n) is 3.51. The van der Waals surface area contributed by atoms with Gasteiger partial charge in [-0.3, -0.25) is 4.90 Å². The van der Waals surface area contributed by atoms with Crippen molar-refractivity contribution in [3.63, 3.8) is 0 Å². The van der Waals surface area contributed by atoms with Gasteiger partial charge in [0.05, 0.1) is 0 Å². The lowest BCUT2D eigenvalue weighted by molar-refractivity contribution is 0.184. The third kappa shape index (κ3) is 2.82. The maximum atomic E-state index is 13.4. The molecule has 0 unspecified atom stereocenters. The van der Waals surface area contributed by atoms with E-state index in [-0.39, 0.29) is 5.82 Å². The Kier molecular flexibility index (Phi) is 3.85. The second kappa shape index (κ2) is 5.59. The number of halogens is 1. The van der Waals surface area contributed by atoms with E-state index in [1.807, 2.05) is 6.07 Å². The Hall–Kier alpha value is -0.930. The average Bonchev–Trinajstić information content (AvgIpc) is 2.62. The van der Waals surface area contributed by atoms with Crippen molar-refractivity contribution in [2.24, 2.45) is 0 Å². The molecule has 3 rings (SSSR count). The van der Waals surface area contributed by atoms with Crippen molar-refractivity contribution < 1.29 is 4.39 Å². The predicted molar refractivity (Wildman–Crippen MR) is 75.8 cm³/mol. The molecule has 1 aliphatic heterocycles. The van der Waals surface area contributed by atoms with Gasteiger partial charge in [0.15, 0.2) is 0 Å². The highest BCUT2D eigenvalue weighted by Gasteiger charge is 2.27. The Balaban J connectivity index is 1.82. The van der Waals surface area contributed by atoms with Crippen LogP contribution in [-0.2, 0) is 6.42 Å². The Morgan fingerprint density at radius 1 is 1.11 bits per heavy atom. The Bertz CT molecular complexity index is 446. The van der Waals surface area contributed by atoms with Crippen molar-refractivity contribution in [1.29, 1.82) is 0 Å². The van der Waals surface area contributed by atoms with E-state index in [0.29, 0.717) is 6.04 Å². The standard InChI is InChI=1S/C16H23FN2/c1-18-8-3-9-19(11-10-18)16-5-2-4-13-12-14(17)6-7-15(13)16/h6-7,12,16H,2-5,8-11H2,1H3/t16-/m0/s1. The van der Waals surface area contributed by atoms with Crippen LogP contribution in [0.1, 0.15) is 36.4 Å². The van der Waals surface area contributed by atoms with E-state index >= 15 is 0 Å². The molecule has 3 heteroatoms. The summed E-state index contributed by atoms with van der Waals surface area (Å²) in [7, 11) is 2.20. The molecule has 0 bridgehead atoms. The number of nitrogens with zero attached hydrogens (tertiary/aromatic N) is 2. The van der Waals surface area contributed by atoms with Gasteiger partial charge < -0.3 is 4.90 Å². The zero-order valence-corrected chi connectivity index (χ0v) is 11.7. The molecular weight excluding hydrogens is 239 g/mol. The van der Waals surface area contributed by atoms with Crippen LogP contribution >= 0.6 is 0 Å². The first-order valence-corrected chi connectivity index (χ1v) is 7.45. The van der Waals surface area contributed by atoms with Gasteiger partial charge in [0, 0.05) is 25.7 Å². The molecule has 2 nitrogen and oxygen atoms in total. The van der Waals surface area contributed by atoms with Crippen LogP contribution < -0.4 is 0 Å². The molecule has 1 heterocycles. The first-order valence-electron chi connectivity index (χ1n) is 7.45. The van der Waals surface area contributed by atoms with E-state index in [1.165, 1.54) is 43.5 Å². The highest BCUT2D eigenvalue weighted by molar-refractivity contribution is 5.33. The molecule has 1 aromatic carbocycles. The van der Waals surface area contributed by atoms with Crippen LogP contribution in [0.3, 0.4) is 0 Å². The first kappa shape index (κ1) is 13.1. The van der Waals surface area contributed by atoms with Gasteiger partial charge in [-0.15, -0.1) is 0 Å². The number of hydrogen-bond donors (Lipinski definition) is 0. The molecule has 2 aliphatic rings. The van der Waals surface area contributed by atoms with Crippen LogP contribution in [-0.4, -0.2) is 43.0 Å². The van der Waals surface area contributed by atoms with Gasteiger partial charge in [0.2, 0.25) is 0 Å². The molecule has 0 N–H and O–H groups in total. The summed E-state index contributed by atoms with van der Waals surface area (Å²) in [6.45, 7) is 4.65. The van der Waals surface area contributed by atoms with Crippen LogP contribution in [0.5, 0.6) is 0 Å². The summed E-state index contributed by atoms with van der Waals surface area (Å²) in [6.07, 6.45) is 4.69. The smallest absolute Gasteiger partial charge is 0.123 e. The summed E-state index contributed by atoms with van der Waals surface area (Å²) in [6, 6.07) is 5.89. The monoisotopic (exact) mass is 262 g/mol. The zero-order chi connectivity index (χ0) is 13.2. The lowest BCUT2D eigenvalue weighted by Crippen LogP contribution is -2.34. The lowest BCUT2D eigenvalue weighted by Gasteiger charge is -2.35. The van der Waals surface area contributed by atoms with Crippen molar-refractivity contribution in [3.05, 3.63) is 35.1 Å². The average molecular weight is 262 g/mol. The minimum atomic E-state index is -0.0880.